The fourth-order valence-electron chi connectivity index (χ4n) is 8.32. The van der Waals surface area contributed by atoms with Gasteiger partial charge in [-0.2, -0.15) is 0 Å². The molecule has 0 spiro atoms. The van der Waals surface area contributed by atoms with Crippen LogP contribution in [0.5, 0.6) is 0 Å². The summed E-state index contributed by atoms with van der Waals surface area (Å²) in [6, 6.07) is 64.4. The number of benzene rings is 7. The van der Waals surface area contributed by atoms with E-state index >= 15 is 0 Å². The van der Waals surface area contributed by atoms with Crippen molar-refractivity contribution in [2.45, 2.75) is 44.1 Å². The molecule has 0 amide bonds. The number of hydrogen-bond acceptors (Lipinski definition) is 2. The molecule has 0 fully saturated rings. The fraction of sp³-hybridized carbons (Fsp3) is 0.148. The minimum absolute atomic E-state index is 0. The van der Waals surface area contributed by atoms with Gasteiger partial charge in [0.05, 0.1) is 16.9 Å². The SMILES string of the molecule is CC(C)Cc1cc(-c2[c-]cccc2)nc[c]1[Ge]([CH3])([CH3])[CH3].[Ir].[c-]1cc2c(cc1-c1nc3cc4ccccc4cc3n1Cc1ccccc1)c1ccccc1n2-c1ccccc1. The third-order valence-corrected chi connectivity index (χ3v) is 15.4. The molecule has 7 aromatic carbocycles. The zero-order valence-corrected chi connectivity index (χ0v) is 39.3. The van der Waals surface area contributed by atoms with E-state index in [1.807, 2.05) is 18.2 Å². The van der Waals surface area contributed by atoms with Gasteiger partial charge < -0.3 is 9.13 Å². The molecule has 0 aliphatic heterocycles. The summed E-state index contributed by atoms with van der Waals surface area (Å²) in [6.07, 6.45) is 3.27. The van der Waals surface area contributed by atoms with E-state index < -0.39 is 13.3 Å². The van der Waals surface area contributed by atoms with Crippen LogP contribution in [0.15, 0.2) is 170 Å². The molecule has 0 N–H and O–H groups in total. The molecule has 60 heavy (non-hydrogen) atoms. The molecule has 0 saturated heterocycles. The quantitative estimate of drug-likeness (QED) is 0.112. The smallest absolute Gasteiger partial charge is 0.0777 e. The number of hydrogen-bond donors (Lipinski definition) is 0. The first-order valence-electron chi connectivity index (χ1n) is 20.6. The van der Waals surface area contributed by atoms with E-state index in [-0.39, 0.29) is 20.1 Å². The number of para-hydroxylation sites is 2. The predicted octanol–water partition coefficient (Wildman–Crippen LogP) is 13.1. The molecule has 299 valence electrons. The molecule has 1 radical (unpaired) electrons. The Morgan fingerprint density at radius 1 is 0.633 bits per heavy atom. The number of rotatable bonds is 8. The third-order valence-electron chi connectivity index (χ3n) is 11.1. The van der Waals surface area contributed by atoms with Crippen molar-refractivity contribution in [3.05, 3.63) is 193 Å². The maximum Gasteiger partial charge on any atom is 0.0777 e. The number of aromatic nitrogens is 4. The Labute approximate surface area is 369 Å². The van der Waals surface area contributed by atoms with Crippen LogP contribution >= 0.6 is 0 Å². The van der Waals surface area contributed by atoms with Crippen molar-refractivity contribution in [1.82, 2.24) is 19.1 Å². The number of pyridine rings is 1. The molecule has 0 bridgehead atoms. The Morgan fingerprint density at radius 3 is 2.03 bits per heavy atom. The first kappa shape index (κ1) is 41.2. The van der Waals surface area contributed by atoms with Crippen LogP contribution in [0.4, 0.5) is 0 Å². The summed E-state index contributed by atoms with van der Waals surface area (Å²) in [5.74, 6) is 8.93. The molecule has 10 rings (SSSR count). The summed E-state index contributed by atoms with van der Waals surface area (Å²) in [6.45, 7) is 5.31. The molecule has 4 nitrogen and oxygen atoms in total. The summed E-state index contributed by atoms with van der Waals surface area (Å²) in [5, 5.41) is 4.84. The first-order valence-corrected chi connectivity index (χ1v) is 28.0. The number of nitrogens with zero attached hydrogens (tertiary/aromatic N) is 4. The average Bonchev–Trinajstić information content (AvgIpc) is 3.77. The number of fused-ring (bicyclic) bond motifs is 5. The van der Waals surface area contributed by atoms with Crippen molar-refractivity contribution < 1.29 is 20.1 Å². The molecule has 3 aromatic heterocycles. The van der Waals surface area contributed by atoms with Gasteiger partial charge >= 0.3 is 126 Å². The third kappa shape index (κ3) is 8.40. The second-order valence-electron chi connectivity index (χ2n) is 16.9. The van der Waals surface area contributed by atoms with Gasteiger partial charge in [0, 0.05) is 37.9 Å². The summed E-state index contributed by atoms with van der Waals surface area (Å²) >= 11 is -1.86. The Hall–Kier alpha value is -5.59. The molecule has 3 heterocycles. The second kappa shape index (κ2) is 17.6. The van der Waals surface area contributed by atoms with E-state index in [0.717, 1.165) is 57.8 Å². The van der Waals surface area contributed by atoms with Crippen LogP contribution in [0, 0.1) is 18.1 Å². The zero-order valence-electron chi connectivity index (χ0n) is 34.8. The minimum Gasteiger partial charge on any atom is -0.360 e. The first-order chi connectivity index (χ1) is 28.7. The van der Waals surface area contributed by atoms with Gasteiger partial charge in [0.1, 0.15) is 0 Å². The van der Waals surface area contributed by atoms with Gasteiger partial charge in [0.15, 0.2) is 0 Å². The second-order valence-corrected chi connectivity index (χ2v) is 27.5. The molecular formula is C54H48GeIrN4-2. The monoisotopic (exact) mass is 1020 g/mol. The maximum absolute atomic E-state index is 5.21. The molecule has 0 aliphatic carbocycles. The van der Waals surface area contributed by atoms with E-state index in [9.17, 15) is 0 Å². The van der Waals surface area contributed by atoms with Crippen LogP contribution in [0.25, 0.3) is 71.9 Å². The van der Waals surface area contributed by atoms with Crippen LogP contribution in [-0.4, -0.2) is 32.4 Å². The minimum atomic E-state index is -1.86. The number of imidazole rings is 1. The molecule has 6 heteroatoms. The Balaban J connectivity index is 0.000000202. The molecule has 10 aromatic rings. The Morgan fingerprint density at radius 2 is 1.32 bits per heavy atom. The zero-order chi connectivity index (χ0) is 40.5. The van der Waals surface area contributed by atoms with Crippen LogP contribution in [0.2, 0.25) is 17.3 Å². The van der Waals surface area contributed by atoms with Crippen molar-refractivity contribution in [2.24, 2.45) is 5.92 Å². The average molecular weight is 1020 g/mol. The van der Waals surface area contributed by atoms with Gasteiger partial charge in [0.25, 0.3) is 0 Å². The standard InChI is InChI=1S/C36H24N3.C18H24GeN.Ir/c1-3-11-25(12-4-1)24-38-35-23-27-14-8-7-13-26(27)22-32(35)37-36(38)28-19-20-34-31(21-28)30-17-9-10-18-33(30)39(34)29-15-5-2-6-16-29;1-14(2)11-16-12-18(15-9-7-6-8-10-15)20-13-17(16)19(3,4)5;/h1-18,20-23H,24H2;6-9,12-14H,11H2,1-5H3;/q2*-1;. The van der Waals surface area contributed by atoms with E-state index in [0.29, 0.717) is 5.92 Å². The van der Waals surface area contributed by atoms with Crippen molar-refractivity contribution >= 4 is 61.3 Å². The van der Waals surface area contributed by atoms with Crippen LogP contribution in [0.1, 0.15) is 25.0 Å². The largest absolute Gasteiger partial charge is 0.360 e. The van der Waals surface area contributed by atoms with Crippen molar-refractivity contribution in [3.63, 3.8) is 0 Å². The topological polar surface area (TPSA) is 35.6 Å². The molecule has 0 saturated carbocycles. The van der Waals surface area contributed by atoms with E-state index in [4.69, 9.17) is 9.97 Å². The molecule has 0 aliphatic rings. The van der Waals surface area contributed by atoms with E-state index in [1.165, 1.54) is 38.2 Å². The van der Waals surface area contributed by atoms with Crippen molar-refractivity contribution in [3.8, 4) is 28.3 Å². The van der Waals surface area contributed by atoms with Gasteiger partial charge in [0.2, 0.25) is 0 Å². The van der Waals surface area contributed by atoms with Gasteiger partial charge in [-0.1, -0.05) is 96.4 Å². The summed E-state index contributed by atoms with van der Waals surface area (Å²) in [7, 11) is 0. The fourth-order valence-corrected chi connectivity index (χ4v) is 11.7. The van der Waals surface area contributed by atoms with E-state index in [1.54, 1.807) is 4.40 Å². The van der Waals surface area contributed by atoms with Crippen LogP contribution in [-0.2, 0) is 33.1 Å². The maximum atomic E-state index is 5.21. The van der Waals surface area contributed by atoms with Gasteiger partial charge in [-0.25, -0.2) is 0 Å². The van der Waals surface area contributed by atoms with Crippen molar-refractivity contribution in [1.29, 1.82) is 0 Å². The van der Waals surface area contributed by atoms with Crippen molar-refractivity contribution in [2.75, 3.05) is 0 Å². The van der Waals surface area contributed by atoms with Crippen LogP contribution in [0.3, 0.4) is 0 Å². The Kier molecular flexibility index (Phi) is 12.0. The molecule has 0 unspecified atom stereocenters. The summed E-state index contributed by atoms with van der Waals surface area (Å²) in [5.41, 5.74) is 11.5. The Bertz CT molecular complexity index is 3050. The molecule has 0 atom stereocenters. The summed E-state index contributed by atoms with van der Waals surface area (Å²) < 4.78 is 6.20. The molecular weight excluding hydrogens is 969 g/mol. The predicted molar refractivity (Wildman–Crippen MR) is 251 cm³/mol. The van der Waals surface area contributed by atoms with Gasteiger partial charge in [-0.15, -0.1) is 23.8 Å². The normalized spacial score (nSPS) is 11.6. The van der Waals surface area contributed by atoms with Crippen LogP contribution < -0.4 is 4.40 Å². The van der Waals surface area contributed by atoms with Gasteiger partial charge in [-0.05, 0) is 57.6 Å². The summed E-state index contributed by atoms with van der Waals surface area (Å²) in [4.78, 5) is 9.90. The van der Waals surface area contributed by atoms with E-state index in [2.05, 4.69) is 204 Å². The van der Waals surface area contributed by atoms with Gasteiger partial charge in [-0.3, -0.25) is 4.98 Å².